The van der Waals surface area contributed by atoms with E-state index < -0.39 is 17.4 Å². The number of carbonyl (C=O) groups excluding carboxylic acids is 1. The summed E-state index contributed by atoms with van der Waals surface area (Å²) in [4.78, 5) is 21.0. The number of nitrogens with one attached hydrogen (secondary N) is 1. The lowest BCUT2D eigenvalue weighted by atomic mass is 10.1. The molecule has 4 heteroatoms. The summed E-state index contributed by atoms with van der Waals surface area (Å²) in [6, 6.07) is 0. The van der Waals surface area contributed by atoms with Gasteiger partial charge in [0, 0.05) is 12.2 Å². The quantitative estimate of drug-likeness (QED) is 0.481. The highest BCUT2D eigenvalue weighted by molar-refractivity contribution is 5.94. The third kappa shape index (κ3) is 5.50. The van der Waals surface area contributed by atoms with E-state index in [9.17, 15) is 9.59 Å². The van der Waals surface area contributed by atoms with Gasteiger partial charge in [0.05, 0.1) is 5.54 Å². The number of rotatable bonds is 3. The number of carboxylic acids is 1. The van der Waals surface area contributed by atoms with Crippen molar-refractivity contribution in [2.75, 3.05) is 0 Å². The average molecular weight is 181 g/mol. The minimum Gasteiger partial charge on any atom is -0.478 e. The minimum absolute atomic E-state index is 0.523. The van der Waals surface area contributed by atoms with Crippen molar-refractivity contribution >= 4 is 11.9 Å². The second-order valence-electron chi connectivity index (χ2n) is 2.93. The van der Waals surface area contributed by atoms with Crippen LogP contribution in [0.5, 0.6) is 0 Å². The molecule has 0 radical (unpaired) electrons. The van der Waals surface area contributed by atoms with E-state index >= 15 is 0 Å². The van der Waals surface area contributed by atoms with E-state index in [0.29, 0.717) is 0 Å². The highest BCUT2D eigenvalue weighted by atomic mass is 16.4. The number of amides is 1. The van der Waals surface area contributed by atoms with Gasteiger partial charge in [0.2, 0.25) is 5.91 Å². The molecule has 0 aliphatic rings. The van der Waals surface area contributed by atoms with Crippen LogP contribution >= 0.6 is 0 Å². The Morgan fingerprint density at radius 1 is 1.46 bits per heavy atom. The lowest BCUT2D eigenvalue weighted by Crippen LogP contribution is -2.41. The van der Waals surface area contributed by atoms with Gasteiger partial charge in [-0.15, -0.1) is 6.42 Å². The van der Waals surface area contributed by atoms with Gasteiger partial charge in [-0.05, 0) is 13.8 Å². The summed E-state index contributed by atoms with van der Waals surface area (Å²) in [5.74, 6) is 0.651. The zero-order chi connectivity index (χ0) is 10.5. The van der Waals surface area contributed by atoms with Crippen molar-refractivity contribution in [1.29, 1.82) is 0 Å². The van der Waals surface area contributed by atoms with Gasteiger partial charge in [0.15, 0.2) is 0 Å². The molecule has 0 rings (SSSR count). The molecule has 0 aromatic carbocycles. The predicted molar refractivity (Wildman–Crippen MR) is 47.8 cm³/mol. The summed E-state index contributed by atoms with van der Waals surface area (Å²) in [7, 11) is 0. The van der Waals surface area contributed by atoms with Gasteiger partial charge in [-0.1, -0.05) is 5.92 Å². The maximum absolute atomic E-state index is 11.0. The molecule has 13 heavy (non-hydrogen) atoms. The molecule has 0 fully saturated rings. The first-order valence-corrected chi connectivity index (χ1v) is 3.58. The third-order valence-electron chi connectivity index (χ3n) is 1.17. The Hall–Kier alpha value is -1.76. The molecule has 0 bridgehead atoms. The normalized spacial score (nSPS) is 10.8. The van der Waals surface area contributed by atoms with E-state index in [-0.39, 0.29) is 0 Å². The Bertz CT molecular complexity index is 284. The van der Waals surface area contributed by atoms with Crippen molar-refractivity contribution in [1.82, 2.24) is 5.32 Å². The fourth-order valence-corrected chi connectivity index (χ4v) is 0.533. The van der Waals surface area contributed by atoms with E-state index in [4.69, 9.17) is 11.5 Å². The Kier molecular flexibility index (Phi) is 3.73. The topological polar surface area (TPSA) is 66.4 Å². The smallest absolute Gasteiger partial charge is 0.328 e. The third-order valence-corrected chi connectivity index (χ3v) is 1.17. The molecule has 0 aliphatic heterocycles. The molecule has 70 valence electrons. The molecule has 0 spiro atoms. The lowest BCUT2D eigenvalue weighted by Gasteiger charge is -2.17. The highest BCUT2D eigenvalue weighted by Crippen LogP contribution is 1.98. The van der Waals surface area contributed by atoms with Crippen LogP contribution in [0.15, 0.2) is 12.2 Å². The van der Waals surface area contributed by atoms with E-state index in [1.54, 1.807) is 13.8 Å². The van der Waals surface area contributed by atoms with Crippen molar-refractivity contribution in [3.8, 4) is 12.3 Å². The number of carboxylic acid groups (broad SMARTS) is 1. The monoisotopic (exact) mass is 181 g/mol. The largest absolute Gasteiger partial charge is 0.478 e. The second kappa shape index (κ2) is 4.31. The van der Waals surface area contributed by atoms with Crippen LogP contribution in [-0.2, 0) is 9.59 Å². The zero-order valence-electron chi connectivity index (χ0n) is 7.50. The number of terminal acetylenes is 1. The molecule has 2 N–H and O–H groups in total. The molecule has 0 unspecified atom stereocenters. The molecule has 0 aliphatic carbocycles. The van der Waals surface area contributed by atoms with Gasteiger partial charge >= 0.3 is 5.97 Å². The number of hydrogen-bond donors (Lipinski definition) is 2. The summed E-state index contributed by atoms with van der Waals surface area (Å²) >= 11 is 0. The molecule has 4 nitrogen and oxygen atoms in total. The van der Waals surface area contributed by atoms with Gasteiger partial charge in [-0.3, -0.25) is 4.79 Å². The standard InChI is InChI=1S/C9H11NO3/c1-4-9(2,3)10-7(11)5-6-8(12)13/h1,5-6H,2-3H3,(H,10,11)(H,12,13)/b6-5+. The lowest BCUT2D eigenvalue weighted by molar-refractivity contribution is -0.131. The van der Waals surface area contributed by atoms with Crippen molar-refractivity contribution in [3.63, 3.8) is 0 Å². The van der Waals surface area contributed by atoms with E-state index in [1.807, 2.05) is 0 Å². The summed E-state index contributed by atoms with van der Waals surface area (Å²) < 4.78 is 0. The van der Waals surface area contributed by atoms with Gasteiger partial charge in [0.25, 0.3) is 0 Å². The Balaban J connectivity index is 4.19. The Morgan fingerprint density at radius 2 is 2.00 bits per heavy atom. The molecular formula is C9H11NO3. The summed E-state index contributed by atoms with van der Waals surface area (Å²) in [6.45, 7) is 3.28. The van der Waals surface area contributed by atoms with Crippen LogP contribution in [0.2, 0.25) is 0 Å². The predicted octanol–water partition coefficient (Wildman–Crippen LogP) is 0.155. The summed E-state index contributed by atoms with van der Waals surface area (Å²) in [6.07, 6.45) is 6.78. The molecule has 0 aromatic heterocycles. The fraction of sp³-hybridized carbons (Fsp3) is 0.333. The van der Waals surface area contributed by atoms with Crippen LogP contribution in [0.25, 0.3) is 0 Å². The molecule has 1 amide bonds. The van der Waals surface area contributed by atoms with Gasteiger partial charge in [0.1, 0.15) is 0 Å². The average Bonchev–Trinajstić information content (AvgIpc) is 2.00. The van der Waals surface area contributed by atoms with Crippen LogP contribution in [-0.4, -0.2) is 22.5 Å². The van der Waals surface area contributed by atoms with Crippen molar-refractivity contribution in [3.05, 3.63) is 12.2 Å². The molecule has 0 atom stereocenters. The Morgan fingerprint density at radius 3 is 2.38 bits per heavy atom. The summed E-state index contributed by atoms with van der Waals surface area (Å²) in [5, 5.41) is 10.6. The number of hydrogen-bond acceptors (Lipinski definition) is 2. The highest BCUT2D eigenvalue weighted by Gasteiger charge is 2.14. The summed E-state index contributed by atoms with van der Waals surface area (Å²) in [5.41, 5.74) is -0.764. The van der Waals surface area contributed by atoms with Crippen molar-refractivity contribution in [2.24, 2.45) is 0 Å². The Labute approximate surface area is 76.6 Å². The molecule has 0 saturated heterocycles. The van der Waals surface area contributed by atoms with Gasteiger partial charge in [-0.2, -0.15) is 0 Å². The first-order chi connectivity index (χ1) is 5.87. The van der Waals surface area contributed by atoms with Crippen LogP contribution in [0.1, 0.15) is 13.8 Å². The SMILES string of the molecule is C#CC(C)(C)NC(=O)/C=C/C(=O)O. The molecule has 0 saturated carbocycles. The van der Waals surface area contributed by atoms with Crippen LogP contribution in [0.3, 0.4) is 0 Å². The zero-order valence-corrected chi connectivity index (χ0v) is 7.50. The van der Waals surface area contributed by atoms with Crippen LogP contribution in [0.4, 0.5) is 0 Å². The van der Waals surface area contributed by atoms with Gasteiger partial charge in [-0.25, -0.2) is 4.79 Å². The maximum Gasteiger partial charge on any atom is 0.328 e. The van der Waals surface area contributed by atoms with Gasteiger partial charge < -0.3 is 10.4 Å². The first-order valence-electron chi connectivity index (χ1n) is 3.58. The number of carbonyl (C=O) groups is 2. The molecular weight excluding hydrogens is 170 g/mol. The molecule has 0 aromatic rings. The fourth-order valence-electron chi connectivity index (χ4n) is 0.533. The number of aliphatic carboxylic acids is 1. The second-order valence-corrected chi connectivity index (χ2v) is 2.93. The minimum atomic E-state index is -1.17. The van der Waals surface area contributed by atoms with E-state index in [1.165, 1.54) is 0 Å². The van der Waals surface area contributed by atoms with E-state index in [2.05, 4.69) is 11.2 Å². The van der Waals surface area contributed by atoms with E-state index in [0.717, 1.165) is 12.2 Å². The van der Waals surface area contributed by atoms with Crippen LogP contribution in [0, 0.1) is 12.3 Å². The molecule has 0 heterocycles. The van der Waals surface area contributed by atoms with Crippen molar-refractivity contribution < 1.29 is 14.7 Å². The van der Waals surface area contributed by atoms with Crippen LogP contribution < -0.4 is 5.32 Å². The maximum atomic E-state index is 11.0. The van der Waals surface area contributed by atoms with Crippen molar-refractivity contribution in [2.45, 2.75) is 19.4 Å². The first kappa shape index (κ1) is 11.2.